The van der Waals surface area contributed by atoms with Crippen LogP contribution in [0.25, 0.3) is 16.2 Å². The van der Waals surface area contributed by atoms with E-state index in [4.69, 9.17) is 4.74 Å². The van der Waals surface area contributed by atoms with E-state index in [1.165, 1.54) is 0 Å². The third-order valence-corrected chi connectivity index (χ3v) is 4.14. The minimum absolute atomic E-state index is 0.380. The highest BCUT2D eigenvalue weighted by molar-refractivity contribution is 7.17. The standard InChI is InChI=1S/C15H16N4O2S/c1-18(2)7-8-21-15-6-4-13(22-15)12-9-16-14-5-3-11(10-20)17-19(12)14/h3-6,9-10H,7-8H2,1-2H3. The molecule has 0 aliphatic heterocycles. The molecule has 0 aliphatic rings. The van der Waals surface area contributed by atoms with Gasteiger partial charge in [-0.1, -0.05) is 11.3 Å². The molecule has 3 rings (SSSR count). The van der Waals surface area contributed by atoms with Gasteiger partial charge in [-0.25, -0.2) is 9.50 Å². The Balaban J connectivity index is 1.85. The first-order chi connectivity index (χ1) is 10.7. The molecule has 0 bridgehead atoms. The van der Waals surface area contributed by atoms with Gasteiger partial charge in [0.15, 0.2) is 17.0 Å². The summed E-state index contributed by atoms with van der Waals surface area (Å²) < 4.78 is 7.40. The minimum atomic E-state index is 0.380. The number of fused-ring (bicyclic) bond motifs is 1. The van der Waals surface area contributed by atoms with Gasteiger partial charge in [-0.15, -0.1) is 0 Å². The topological polar surface area (TPSA) is 59.7 Å². The number of hydrogen-bond donors (Lipinski definition) is 0. The number of carbonyl (C=O) groups excluding carboxylic acids is 1. The van der Waals surface area contributed by atoms with E-state index in [2.05, 4.69) is 15.0 Å². The van der Waals surface area contributed by atoms with Gasteiger partial charge in [0, 0.05) is 6.54 Å². The number of hydrogen-bond acceptors (Lipinski definition) is 6. The molecule has 0 saturated heterocycles. The molecule has 0 unspecified atom stereocenters. The molecule has 6 nitrogen and oxygen atoms in total. The molecule has 3 aromatic rings. The first-order valence-corrected chi connectivity index (χ1v) is 7.67. The Kier molecular flexibility index (Phi) is 4.17. The molecule has 0 fully saturated rings. The zero-order valence-electron chi connectivity index (χ0n) is 12.4. The fraction of sp³-hybridized carbons (Fsp3) is 0.267. The van der Waals surface area contributed by atoms with Gasteiger partial charge in [-0.3, -0.25) is 4.79 Å². The van der Waals surface area contributed by atoms with E-state index in [0.717, 1.165) is 28.5 Å². The zero-order chi connectivity index (χ0) is 15.5. The van der Waals surface area contributed by atoms with Gasteiger partial charge >= 0.3 is 0 Å². The van der Waals surface area contributed by atoms with E-state index < -0.39 is 0 Å². The van der Waals surface area contributed by atoms with Crippen molar-refractivity contribution >= 4 is 23.3 Å². The molecular formula is C15H16N4O2S. The monoisotopic (exact) mass is 316 g/mol. The fourth-order valence-corrected chi connectivity index (χ4v) is 2.86. The van der Waals surface area contributed by atoms with E-state index in [9.17, 15) is 4.79 Å². The lowest BCUT2D eigenvalue weighted by atomic mass is 10.4. The first-order valence-electron chi connectivity index (χ1n) is 6.85. The summed E-state index contributed by atoms with van der Waals surface area (Å²) in [6.07, 6.45) is 2.49. The molecule has 0 atom stereocenters. The lowest BCUT2D eigenvalue weighted by Crippen LogP contribution is -2.19. The molecule has 0 N–H and O–H groups in total. The van der Waals surface area contributed by atoms with Crippen molar-refractivity contribution in [3.05, 3.63) is 36.2 Å². The maximum atomic E-state index is 10.9. The van der Waals surface area contributed by atoms with E-state index >= 15 is 0 Å². The van der Waals surface area contributed by atoms with Gasteiger partial charge in [-0.05, 0) is 38.4 Å². The predicted molar refractivity (Wildman–Crippen MR) is 85.7 cm³/mol. The maximum Gasteiger partial charge on any atom is 0.174 e. The second kappa shape index (κ2) is 6.25. The molecule has 0 amide bonds. The predicted octanol–water partition coefficient (Wildman–Crippen LogP) is 2.21. The summed E-state index contributed by atoms with van der Waals surface area (Å²) in [6, 6.07) is 7.36. The van der Waals surface area contributed by atoms with E-state index in [1.54, 1.807) is 34.2 Å². The van der Waals surface area contributed by atoms with Crippen molar-refractivity contribution in [2.75, 3.05) is 27.2 Å². The van der Waals surface area contributed by atoms with Gasteiger partial charge in [0.25, 0.3) is 0 Å². The van der Waals surface area contributed by atoms with Crippen LogP contribution in [0.4, 0.5) is 0 Å². The van der Waals surface area contributed by atoms with Crippen molar-refractivity contribution in [3.63, 3.8) is 0 Å². The summed E-state index contributed by atoms with van der Waals surface area (Å²) >= 11 is 1.54. The van der Waals surface area contributed by atoms with Crippen LogP contribution in [0, 0.1) is 0 Å². The fourth-order valence-electron chi connectivity index (χ4n) is 1.98. The Morgan fingerprint density at radius 3 is 2.95 bits per heavy atom. The molecule has 3 aromatic heterocycles. The van der Waals surface area contributed by atoms with Crippen molar-refractivity contribution in [2.45, 2.75) is 0 Å². The summed E-state index contributed by atoms with van der Waals surface area (Å²) in [6.45, 7) is 1.51. The maximum absolute atomic E-state index is 10.9. The summed E-state index contributed by atoms with van der Waals surface area (Å²) in [4.78, 5) is 18.3. The van der Waals surface area contributed by atoms with Crippen LogP contribution in [-0.4, -0.2) is 53.0 Å². The van der Waals surface area contributed by atoms with Crippen LogP contribution in [-0.2, 0) is 0 Å². The van der Waals surface area contributed by atoms with Crippen molar-refractivity contribution in [2.24, 2.45) is 0 Å². The molecule has 0 aromatic carbocycles. The van der Waals surface area contributed by atoms with Crippen molar-refractivity contribution in [1.29, 1.82) is 0 Å². The zero-order valence-corrected chi connectivity index (χ0v) is 13.2. The van der Waals surface area contributed by atoms with Crippen LogP contribution in [0.15, 0.2) is 30.5 Å². The Morgan fingerprint density at radius 2 is 2.18 bits per heavy atom. The first kappa shape index (κ1) is 14.7. The van der Waals surface area contributed by atoms with Crippen LogP contribution in [0.1, 0.15) is 10.5 Å². The third-order valence-electron chi connectivity index (χ3n) is 3.12. The SMILES string of the molecule is CN(C)CCOc1ccc(-c2cnc3ccc(C=O)nn23)s1. The Bertz CT molecular complexity index is 794. The molecule has 0 saturated carbocycles. The van der Waals surface area contributed by atoms with Crippen LogP contribution >= 0.6 is 11.3 Å². The van der Waals surface area contributed by atoms with E-state index in [1.807, 2.05) is 26.2 Å². The number of rotatable bonds is 6. The van der Waals surface area contributed by atoms with Gasteiger partial charge < -0.3 is 9.64 Å². The highest BCUT2D eigenvalue weighted by Gasteiger charge is 2.11. The number of aromatic nitrogens is 3. The summed E-state index contributed by atoms with van der Waals surface area (Å²) in [5.74, 6) is 0. The summed E-state index contributed by atoms with van der Waals surface area (Å²) in [7, 11) is 4.02. The molecular weight excluding hydrogens is 300 g/mol. The van der Waals surface area contributed by atoms with Crippen LogP contribution in [0.3, 0.4) is 0 Å². The molecule has 22 heavy (non-hydrogen) atoms. The van der Waals surface area contributed by atoms with Gasteiger partial charge in [0.2, 0.25) is 0 Å². The van der Waals surface area contributed by atoms with Crippen LogP contribution in [0.2, 0.25) is 0 Å². The molecule has 0 radical (unpaired) electrons. The highest BCUT2D eigenvalue weighted by atomic mass is 32.1. The number of carbonyl (C=O) groups is 1. The number of ether oxygens (including phenoxy) is 1. The van der Waals surface area contributed by atoms with Crippen molar-refractivity contribution in [3.8, 4) is 15.6 Å². The number of thiophene rings is 1. The number of likely N-dealkylation sites (N-methyl/N-ethyl adjacent to an activating group) is 1. The average Bonchev–Trinajstić information content (AvgIpc) is 3.12. The van der Waals surface area contributed by atoms with E-state index in [0.29, 0.717) is 17.9 Å². The second-order valence-corrected chi connectivity index (χ2v) is 6.11. The average molecular weight is 316 g/mol. The molecule has 0 aliphatic carbocycles. The largest absolute Gasteiger partial charge is 0.483 e. The molecule has 7 heteroatoms. The van der Waals surface area contributed by atoms with Gasteiger partial charge in [0.1, 0.15) is 18.0 Å². The second-order valence-electron chi connectivity index (χ2n) is 5.06. The van der Waals surface area contributed by atoms with E-state index in [-0.39, 0.29) is 0 Å². The Morgan fingerprint density at radius 1 is 1.32 bits per heavy atom. The quantitative estimate of drug-likeness (QED) is 0.653. The number of imidazole rings is 1. The smallest absolute Gasteiger partial charge is 0.174 e. The summed E-state index contributed by atoms with van der Waals surface area (Å²) in [5.41, 5.74) is 1.95. The van der Waals surface area contributed by atoms with Crippen LogP contribution in [0.5, 0.6) is 5.06 Å². The Labute approximate surface area is 132 Å². The summed E-state index contributed by atoms with van der Waals surface area (Å²) in [5, 5.41) is 5.13. The molecule has 3 heterocycles. The number of aldehydes is 1. The Hall–Kier alpha value is -2.25. The molecule has 114 valence electrons. The van der Waals surface area contributed by atoms with Gasteiger partial charge in [-0.2, -0.15) is 5.10 Å². The highest BCUT2D eigenvalue weighted by Crippen LogP contribution is 2.32. The lowest BCUT2D eigenvalue weighted by molar-refractivity contribution is 0.111. The van der Waals surface area contributed by atoms with Crippen LogP contribution < -0.4 is 4.74 Å². The lowest BCUT2D eigenvalue weighted by Gasteiger charge is -2.09. The van der Waals surface area contributed by atoms with Crippen molar-refractivity contribution in [1.82, 2.24) is 19.5 Å². The van der Waals surface area contributed by atoms with Crippen molar-refractivity contribution < 1.29 is 9.53 Å². The number of nitrogens with zero attached hydrogens (tertiary/aromatic N) is 4. The normalized spacial score (nSPS) is 11.2. The van der Waals surface area contributed by atoms with Gasteiger partial charge in [0.05, 0.1) is 11.1 Å². The third kappa shape index (κ3) is 3.00. The minimum Gasteiger partial charge on any atom is -0.483 e. The molecule has 0 spiro atoms.